The van der Waals surface area contributed by atoms with Crippen molar-refractivity contribution < 1.29 is 9.90 Å². The van der Waals surface area contributed by atoms with Crippen molar-refractivity contribution in [1.82, 2.24) is 24.5 Å². The molecule has 5 rings (SSSR count). The fourth-order valence-corrected chi connectivity index (χ4v) is 5.39. The van der Waals surface area contributed by atoms with E-state index in [0.717, 1.165) is 48.6 Å². The molecular weight excluding hydrogens is 390 g/mol. The molecule has 1 amide bonds. The second kappa shape index (κ2) is 7.96. The van der Waals surface area contributed by atoms with Crippen molar-refractivity contribution in [1.29, 1.82) is 0 Å². The van der Waals surface area contributed by atoms with Gasteiger partial charge in [0.05, 0.1) is 29.9 Å². The van der Waals surface area contributed by atoms with Crippen molar-refractivity contribution in [3.8, 4) is 5.69 Å². The Morgan fingerprint density at radius 2 is 1.84 bits per heavy atom. The zero-order valence-corrected chi connectivity index (χ0v) is 18.1. The number of para-hydroxylation sites is 1. The second-order valence-corrected chi connectivity index (χ2v) is 8.98. The van der Waals surface area contributed by atoms with Gasteiger partial charge in [-0.3, -0.25) is 9.48 Å². The lowest BCUT2D eigenvalue weighted by Gasteiger charge is -2.35. The highest BCUT2D eigenvalue weighted by molar-refractivity contribution is 5.79. The SMILES string of the molecule is Cc1nn(-c2ccccc2)c(C)c1CC(=O)N1C[C@H]2C[C@@H](n3cccn3)[C@H](O)C[C@H]2C1. The van der Waals surface area contributed by atoms with Crippen LogP contribution in [0.3, 0.4) is 0 Å². The van der Waals surface area contributed by atoms with E-state index in [1.807, 2.05) is 70.7 Å². The number of amides is 1. The molecule has 1 saturated carbocycles. The van der Waals surface area contributed by atoms with E-state index >= 15 is 0 Å². The van der Waals surface area contributed by atoms with Crippen LogP contribution in [0.5, 0.6) is 0 Å². The monoisotopic (exact) mass is 419 g/mol. The third-order valence-electron chi connectivity index (χ3n) is 7.10. The molecule has 162 valence electrons. The van der Waals surface area contributed by atoms with Gasteiger partial charge in [-0.05, 0) is 56.7 Å². The number of aliphatic hydroxyl groups is 1. The number of carbonyl (C=O) groups is 1. The molecule has 2 aliphatic rings. The van der Waals surface area contributed by atoms with E-state index in [2.05, 4.69) is 10.2 Å². The molecule has 0 radical (unpaired) electrons. The average molecular weight is 420 g/mol. The summed E-state index contributed by atoms with van der Waals surface area (Å²) in [5.74, 6) is 0.925. The van der Waals surface area contributed by atoms with Gasteiger partial charge in [0.1, 0.15) is 0 Å². The fourth-order valence-electron chi connectivity index (χ4n) is 5.39. The first-order valence-corrected chi connectivity index (χ1v) is 11.1. The van der Waals surface area contributed by atoms with Crippen molar-refractivity contribution in [2.75, 3.05) is 13.1 Å². The summed E-state index contributed by atoms with van der Waals surface area (Å²) in [6.07, 6.45) is 5.22. The summed E-state index contributed by atoms with van der Waals surface area (Å²) < 4.78 is 3.79. The number of nitrogens with zero attached hydrogens (tertiary/aromatic N) is 5. The van der Waals surface area contributed by atoms with Gasteiger partial charge in [0.15, 0.2) is 0 Å². The first-order chi connectivity index (χ1) is 15.0. The summed E-state index contributed by atoms with van der Waals surface area (Å²) >= 11 is 0. The smallest absolute Gasteiger partial charge is 0.227 e. The van der Waals surface area contributed by atoms with E-state index in [9.17, 15) is 9.90 Å². The number of aromatic nitrogens is 4. The number of aryl methyl sites for hydroxylation is 1. The summed E-state index contributed by atoms with van der Waals surface area (Å²) in [5.41, 5.74) is 3.94. The number of hydrogen-bond donors (Lipinski definition) is 1. The summed E-state index contributed by atoms with van der Waals surface area (Å²) in [6.45, 7) is 5.50. The third-order valence-corrected chi connectivity index (χ3v) is 7.10. The van der Waals surface area contributed by atoms with Crippen LogP contribution in [-0.2, 0) is 11.2 Å². The van der Waals surface area contributed by atoms with Crippen molar-refractivity contribution in [3.05, 3.63) is 65.7 Å². The van der Waals surface area contributed by atoms with Crippen LogP contribution in [0.2, 0.25) is 0 Å². The Kier molecular flexibility index (Phi) is 5.14. The molecule has 0 unspecified atom stereocenters. The van der Waals surface area contributed by atoms with Crippen molar-refractivity contribution in [3.63, 3.8) is 0 Å². The minimum atomic E-state index is -0.412. The molecule has 7 nitrogen and oxygen atoms in total. The van der Waals surface area contributed by atoms with Gasteiger partial charge in [-0.15, -0.1) is 0 Å². The van der Waals surface area contributed by atoms with Crippen molar-refractivity contribution in [2.45, 2.75) is 45.3 Å². The average Bonchev–Trinajstić information content (AvgIpc) is 3.49. The summed E-state index contributed by atoms with van der Waals surface area (Å²) in [4.78, 5) is 15.2. The predicted molar refractivity (Wildman–Crippen MR) is 117 cm³/mol. The van der Waals surface area contributed by atoms with Crippen molar-refractivity contribution in [2.24, 2.45) is 11.8 Å². The highest BCUT2D eigenvalue weighted by Crippen LogP contribution is 2.41. The number of rotatable bonds is 4. The Hall–Kier alpha value is -2.93. The largest absolute Gasteiger partial charge is 0.391 e. The van der Waals surface area contributed by atoms with Crippen LogP contribution in [0.15, 0.2) is 48.8 Å². The van der Waals surface area contributed by atoms with Gasteiger partial charge in [0.2, 0.25) is 5.91 Å². The van der Waals surface area contributed by atoms with E-state index in [1.54, 1.807) is 6.20 Å². The first-order valence-electron chi connectivity index (χ1n) is 11.1. The molecule has 4 atom stereocenters. The molecule has 2 aromatic heterocycles. The van der Waals surface area contributed by atoms with E-state index in [4.69, 9.17) is 0 Å². The lowest BCUT2D eigenvalue weighted by atomic mass is 9.77. The number of benzene rings is 1. The minimum Gasteiger partial charge on any atom is -0.391 e. The standard InChI is InChI=1S/C24H29N5O2/c1-16-21(17(2)29(26-16)20-7-4-3-5-8-20)13-24(31)27-14-18-11-22(28-10-6-9-25-28)23(30)12-19(18)15-27/h3-10,18-19,22-23,30H,11-15H2,1-2H3/t18-,19+,22-,23-/m1/s1. The Balaban J connectivity index is 1.29. The molecule has 7 heteroatoms. The van der Waals surface area contributed by atoms with Crippen LogP contribution in [0.4, 0.5) is 0 Å². The minimum absolute atomic E-state index is 0.0000969. The van der Waals surface area contributed by atoms with Gasteiger partial charge in [-0.2, -0.15) is 10.2 Å². The Bertz CT molecular complexity index is 1060. The summed E-state index contributed by atoms with van der Waals surface area (Å²) in [5, 5.41) is 19.7. The first kappa shape index (κ1) is 20.0. The second-order valence-electron chi connectivity index (χ2n) is 8.98. The maximum Gasteiger partial charge on any atom is 0.227 e. The van der Waals surface area contributed by atoms with E-state index < -0.39 is 6.10 Å². The van der Waals surface area contributed by atoms with E-state index in [0.29, 0.717) is 18.3 Å². The number of carbonyl (C=O) groups excluding carboxylic acids is 1. The van der Waals surface area contributed by atoms with Crippen LogP contribution < -0.4 is 0 Å². The zero-order valence-electron chi connectivity index (χ0n) is 18.1. The maximum atomic E-state index is 13.2. The quantitative estimate of drug-likeness (QED) is 0.706. The topological polar surface area (TPSA) is 76.2 Å². The highest BCUT2D eigenvalue weighted by Gasteiger charge is 2.43. The number of fused-ring (bicyclic) bond motifs is 1. The molecule has 0 bridgehead atoms. The van der Waals surface area contributed by atoms with Gasteiger partial charge < -0.3 is 10.0 Å². The molecule has 2 fully saturated rings. The van der Waals surface area contributed by atoms with Gasteiger partial charge in [0, 0.05) is 36.7 Å². The molecular formula is C24H29N5O2. The Morgan fingerprint density at radius 1 is 1.10 bits per heavy atom. The summed E-state index contributed by atoms with van der Waals surface area (Å²) in [7, 11) is 0. The van der Waals surface area contributed by atoms with E-state index in [1.165, 1.54) is 0 Å². The van der Waals surface area contributed by atoms with Crippen LogP contribution >= 0.6 is 0 Å². The maximum absolute atomic E-state index is 13.2. The molecule has 1 aliphatic carbocycles. The van der Waals surface area contributed by atoms with Gasteiger partial charge >= 0.3 is 0 Å². The van der Waals surface area contributed by atoms with Crippen LogP contribution in [0, 0.1) is 25.7 Å². The lowest BCUT2D eigenvalue weighted by molar-refractivity contribution is -0.129. The molecule has 3 aromatic rings. The molecule has 0 spiro atoms. The van der Waals surface area contributed by atoms with Crippen LogP contribution in [0.25, 0.3) is 5.69 Å². The number of hydrogen-bond acceptors (Lipinski definition) is 4. The number of aliphatic hydroxyl groups excluding tert-OH is 1. The Labute approximate surface area is 182 Å². The van der Waals surface area contributed by atoms with Crippen molar-refractivity contribution >= 4 is 5.91 Å². The lowest BCUT2D eigenvalue weighted by Crippen LogP contribution is -2.36. The van der Waals surface area contributed by atoms with Gasteiger partial charge in [0.25, 0.3) is 0 Å². The molecule has 31 heavy (non-hydrogen) atoms. The molecule has 1 N–H and O–H groups in total. The summed E-state index contributed by atoms with van der Waals surface area (Å²) in [6, 6.07) is 11.9. The zero-order chi connectivity index (χ0) is 21.5. The number of likely N-dealkylation sites (tertiary alicyclic amines) is 1. The molecule has 1 saturated heterocycles. The van der Waals surface area contributed by atoms with Gasteiger partial charge in [-0.25, -0.2) is 4.68 Å². The Morgan fingerprint density at radius 3 is 2.55 bits per heavy atom. The van der Waals surface area contributed by atoms with Gasteiger partial charge in [-0.1, -0.05) is 18.2 Å². The highest BCUT2D eigenvalue weighted by atomic mass is 16.3. The van der Waals surface area contributed by atoms with Crippen LogP contribution in [-0.4, -0.2) is 54.7 Å². The van der Waals surface area contributed by atoms with E-state index in [-0.39, 0.29) is 11.9 Å². The molecule has 1 aromatic carbocycles. The predicted octanol–water partition coefficient (Wildman–Crippen LogP) is 2.70. The molecule has 1 aliphatic heterocycles. The fraction of sp³-hybridized carbons (Fsp3) is 0.458. The molecule has 3 heterocycles. The normalized spacial score (nSPS) is 25.6. The third kappa shape index (κ3) is 3.67. The van der Waals surface area contributed by atoms with Crippen LogP contribution in [0.1, 0.15) is 35.8 Å².